The van der Waals surface area contributed by atoms with Crippen LogP contribution in [0.25, 0.3) is 0 Å². The standard InChI is InChI=1S/C12H13NOS/c13-10-5-3-9(4-6-10)12(14)8-11-2-1-7-15-11/h1-7,12,14H,8,13H2. The minimum Gasteiger partial charge on any atom is -0.399 e. The van der Waals surface area contributed by atoms with E-state index >= 15 is 0 Å². The van der Waals surface area contributed by atoms with Crippen molar-refractivity contribution in [2.75, 3.05) is 5.73 Å². The molecule has 0 aliphatic carbocycles. The Morgan fingerprint density at radius 1 is 1.20 bits per heavy atom. The van der Waals surface area contributed by atoms with Crippen molar-refractivity contribution >= 4 is 17.0 Å². The smallest absolute Gasteiger partial charge is 0.0838 e. The zero-order chi connectivity index (χ0) is 10.7. The van der Waals surface area contributed by atoms with Crippen molar-refractivity contribution in [3.8, 4) is 0 Å². The zero-order valence-electron chi connectivity index (χ0n) is 8.26. The summed E-state index contributed by atoms with van der Waals surface area (Å²) in [5.74, 6) is 0. The van der Waals surface area contributed by atoms with Crippen LogP contribution >= 0.6 is 11.3 Å². The van der Waals surface area contributed by atoms with Gasteiger partial charge in [-0.05, 0) is 29.1 Å². The summed E-state index contributed by atoms with van der Waals surface area (Å²) in [4.78, 5) is 1.19. The second-order valence-corrected chi connectivity index (χ2v) is 4.50. The van der Waals surface area contributed by atoms with Gasteiger partial charge < -0.3 is 10.8 Å². The molecule has 1 aromatic carbocycles. The van der Waals surface area contributed by atoms with E-state index in [0.29, 0.717) is 6.42 Å². The first kappa shape index (κ1) is 10.2. The third-order valence-electron chi connectivity index (χ3n) is 2.30. The molecule has 0 aliphatic heterocycles. The van der Waals surface area contributed by atoms with Crippen molar-refractivity contribution in [3.63, 3.8) is 0 Å². The van der Waals surface area contributed by atoms with Gasteiger partial charge in [-0.15, -0.1) is 11.3 Å². The molecule has 0 radical (unpaired) electrons. The van der Waals surface area contributed by atoms with Crippen LogP contribution < -0.4 is 5.73 Å². The van der Waals surface area contributed by atoms with Crippen molar-refractivity contribution in [3.05, 3.63) is 52.2 Å². The summed E-state index contributed by atoms with van der Waals surface area (Å²) >= 11 is 1.66. The Morgan fingerprint density at radius 3 is 2.53 bits per heavy atom. The second kappa shape index (κ2) is 4.47. The van der Waals surface area contributed by atoms with E-state index in [4.69, 9.17) is 5.73 Å². The Bertz CT molecular complexity index is 408. The number of nitrogens with two attached hydrogens (primary N) is 1. The Labute approximate surface area is 93.0 Å². The van der Waals surface area contributed by atoms with E-state index in [1.807, 2.05) is 41.8 Å². The van der Waals surface area contributed by atoms with E-state index in [0.717, 1.165) is 11.3 Å². The summed E-state index contributed by atoms with van der Waals surface area (Å²) in [6, 6.07) is 11.4. The number of hydrogen-bond donors (Lipinski definition) is 2. The molecule has 0 bridgehead atoms. The number of hydrogen-bond acceptors (Lipinski definition) is 3. The lowest BCUT2D eigenvalue weighted by molar-refractivity contribution is 0.179. The molecule has 0 fully saturated rings. The maximum absolute atomic E-state index is 9.95. The molecule has 3 N–H and O–H groups in total. The molecule has 2 nitrogen and oxygen atoms in total. The number of aliphatic hydroxyl groups excluding tert-OH is 1. The van der Waals surface area contributed by atoms with Crippen LogP contribution in [-0.4, -0.2) is 5.11 Å². The Kier molecular flexibility index (Phi) is 3.04. The molecule has 15 heavy (non-hydrogen) atoms. The minimum absolute atomic E-state index is 0.441. The van der Waals surface area contributed by atoms with Gasteiger partial charge in [-0.1, -0.05) is 18.2 Å². The van der Waals surface area contributed by atoms with Gasteiger partial charge in [-0.2, -0.15) is 0 Å². The van der Waals surface area contributed by atoms with E-state index in [1.54, 1.807) is 11.3 Å². The van der Waals surface area contributed by atoms with Crippen LogP contribution in [0.3, 0.4) is 0 Å². The fourth-order valence-electron chi connectivity index (χ4n) is 1.46. The van der Waals surface area contributed by atoms with Gasteiger partial charge >= 0.3 is 0 Å². The molecule has 1 unspecified atom stereocenters. The predicted octanol–water partition coefficient (Wildman–Crippen LogP) is 2.61. The van der Waals surface area contributed by atoms with Gasteiger partial charge in [-0.25, -0.2) is 0 Å². The van der Waals surface area contributed by atoms with Crippen LogP contribution in [0.5, 0.6) is 0 Å². The largest absolute Gasteiger partial charge is 0.399 e. The summed E-state index contributed by atoms with van der Waals surface area (Å²) in [7, 11) is 0. The molecule has 0 aliphatic rings. The van der Waals surface area contributed by atoms with Gasteiger partial charge in [0.2, 0.25) is 0 Å². The lowest BCUT2D eigenvalue weighted by Crippen LogP contribution is -2.00. The maximum atomic E-state index is 9.95. The summed E-state index contributed by atoms with van der Waals surface area (Å²) in [6.07, 6.45) is 0.228. The van der Waals surface area contributed by atoms with E-state index in [2.05, 4.69) is 0 Å². The summed E-state index contributed by atoms with van der Waals surface area (Å²) in [6.45, 7) is 0. The van der Waals surface area contributed by atoms with E-state index in [1.165, 1.54) is 4.88 Å². The highest BCUT2D eigenvalue weighted by Gasteiger charge is 2.08. The summed E-state index contributed by atoms with van der Waals surface area (Å²) in [5, 5.41) is 12.0. The first-order valence-electron chi connectivity index (χ1n) is 4.81. The van der Waals surface area contributed by atoms with Gasteiger partial charge in [0.15, 0.2) is 0 Å². The molecule has 0 saturated heterocycles. The van der Waals surface area contributed by atoms with Crippen LogP contribution in [0.2, 0.25) is 0 Å². The number of nitrogen functional groups attached to an aromatic ring is 1. The molecule has 0 amide bonds. The van der Waals surface area contributed by atoms with Crippen molar-refractivity contribution < 1.29 is 5.11 Å². The fourth-order valence-corrected chi connectivity index (χ4v) is 2.20. The maximum Gasteiger partial charge on any atom is 0.0838 e. The highest BCUT2D eigenvalue weighted by atomic mass is 32.1. The number of benzene rings is 1. The Morgan fingerprint density at radius 2 is 1.93 bits per heavy atom. The Hall–Kier alpha value is -1.32. The van der Waals surface area contributed by atoms with E-state index < -0.39 is 6.10 Å². The van der Waals surface area contributed by atoms with Crippen LogP contribution in [-0.2, 0) is 6.42 Å². The molecular formula is C12H13NOS. The van der Waals surface area contributed by atoms with Crippen LogP contribution in [0, 0.1) is 0 Å². The van der Waals surface area contributed by atoms with Gasteiger partial charge in [-0.3, -0.25) is 0 Å². The zero-order valence-corrected chi connectivity index (χ0v) is 9.08. The molecule has 0 spiro atoms. The lowest BCUT2D eigenvalue weighted by Gasteiger charge is -2.09. The van der Waals surface area contributed by atoms with Crippen LogP contribution in [0.4, 0.5) is 5.69 Å². The van der Waals surface area contributed by atoms with Crippen LogP contribution in [0.1, 0.15) is 16.5 Å². The molecule has 3 heteroatoms. The summed E-state index contributed by atoms with van der Waals surface area (Å²) < 4.78 is 0. The monoisotopic (exact) mass is 219 g/mol. The molecule has 0 saturated carbocycles. The third-order valence-corrected chi connectivity index (χ3v) is 3.19. The quantitative estimate of drug-likeness (QED) is 0.779. The van der Waals surface area contributed by atoms with Crippen molar-refractivity contribution in [2.45, 2.75) is 12.5 Å². The predicted molar refractivity (Wildman–Crippen MR) is 63.8 cm³/mol. The molecule has 2 rings (SSSR count). The molecular weight excluding hydrogens is 206 g/mol. The lowest BCUT2D eigenvalue weighted by atomic mass is 10.1. The van der Waals surface area contributed by atoms with Gasteiger partial charge in [0.05, 0.1) is 6.10 Å². The first-order valence-corrected chi connectivity index (χ1v) is 5.69. The third kappa shape index (κ3) is 2.58. The van der Waals surface area contributed by atoms with Gasteiger partial charge in [0, 0.05) is 17.0 Å². The minimum atomic E-state index is -0.441. The van der Waals surface area contributed by atoms with Crippen molar-refractivity contribution in [2.24, 2.45) is 0 Å². The molecule has 78 valence electrons. The second-order valence-electron chi connectivity index (χ2n) is 3.47. The van der Waals surface area contributed by atoms with Crippen LogP contribution in [0.15, 0.2) is 41.8 Å². The topological polar surface area (TPSA) is 46.2 Å². The van der Waals surface area contributed by atoms with E-state index in [-0.39, 0.29) is 0 Å². The average Bonchev–Trinajstić information content (AvgIpc) is 2.71. The number of anilines is 1. The highest BCUT2D eigenvalue weighted by molar-refractivity contribution is 7.09. The molecule has 1 heterocycles. The average molecular weight is 219 g/mol. The number of thiophene rings is 1. The first-order chi connectivity index (χ1) is 7.25. The van der Waals surface area contributed by atoms with Gasteiger partial charge in [0.25, 0.3) is 0 Å². The van der Waals surface area contributed by atoms with E-state index in [9.17, 15) is 5.11 Å². The molecule has 1 aromatic heterocycles. The molecule has 1 atom stereocenters. The number of rotatable bonds is 3. The fraction of sp³-hybridized carbons (Fsp3) is 0.167. The summed E-state index contributed by atoms with van der Waals surface area (Å²) in [5.41, 5.74) is 7.22. The SMILES string of the molecule is Nc1ccc(C(O)Cc2cccs2)cc1. The number of aliphatic hydroxyl groups is 1. The van der Waals surface area contributed by atoms with Gasteiger partial charge in [0.1, 0.15) is 0 Å². The highest BCUT2D eigenvalue weighted by Crippen LogP contribution is 2.21. The molecule has 2 aromatic rings. The normalized spacial score (nSPS) is 12.6. The van der Waals surface area contributed by atoms with Crippen molar-refractivity contribution in [1.82, 2.24) is 0 Å². The van der Waals surface area contributed by atoms with Crippen molar-refractivity contribution in [1.29, 1.82) is 0 Å². The Balaban J connectivity index is 2.08.